The summed E-state index contributed by atoms with van der Waals surface area (Å²) < 4.78 is 7.18. The van der Waals surface area contributed by atoms with E-state index in [-0.39, 0.29) is 12.5 Å². The maximum atomic E-state index is 11.9. The molecule has 0 unspecified atom stereocenters. The van der Waals surface area contributed by atoms with E-state index in [1.807, 2.05) is 24.3 Å². The van der Waals surface area contributed by atoms with Crippen LogP contribution < -0.4 is 10.1 Å². The highest BCUT2D eigenvalue weighted by molar-refractivity contribution is 5.90. The van der Waals surface area contributed by atoms with Crippen molar-refractivity contribution >= 4 is 11.6 Å². The van der Waals surface area contributed by atoms with E-state index in [0.717, 1.165) is 25.4 Å². The van der Waals surface area contributed by atoms with E-state index < -0.39 is 0 Å². The summed E-state index contributed by atoms with van der Waals surface area (Å²) >= 11 is 0. The van der Waals surface area contributed by atoms with Crippen LogP contribution in [0.5, 0.6) is 5.75 Å². The van der Waals surface area contributed by atoms with Crippen LogP contribution in [0.4, 0.5) is 5.69 Å². The molecule has 0 saturated carbocycles. The summed E-state index contributed by atoms with van der Waals surface area (Å²) in [7, 11) is 0. The summed E-state index contributed by atoms with van der Waals surface area (Å²) in [5.74, 6) is 0.569. The van der Waals surface area contributed by atoms with Gasteiger partial charge in [0.15, 0.2) is 0 Å². The molecule has 2 heterocycles. The summed E-state index contributed by atoms with van der Waals surface area (Å²) in [5, 5.41) is 13.5. The lowest BCUT2D eigenvalue weighted by Crippen LogP contribution is -2.33. The number of amides is 1. The van der Waals surface area contributed by atoms with Gasteiger partial charge in [-0.05, 0) is 48.5 Å². The molecule has 8 nitrogen and oxygen atoms in total. The van der Waals surface area contributed by atoms with Gasteiger partial charge in [0.05, 0.1) is 0 Å². The molecule has 1 amide bonds. The summed E-state index contributed by atoms with van der Waals surface area (Å²) in [6, 6.07) is 7.42. The van der Waals surface area contributed by atoms with E-state index >= 15 is 0 Å². The Morgan fingerprint density at radius 1 is 1.25 bits per heavy atom. The molecule has 0 bridgehead atoms. The van der Waals surface area contributed by atoms with Gasteiger partial charge < -0.3 is 10.1 Å². The Hall–Kier alpha value is -2.48. The molecule has 8 heteroatoms. The number of benzene rings is 1. The molecule has 1 fully saturated rings. The summed E-state index contributed by atoms with van der Waals surface area (Å²) in [4.78, 5) is 14.4. The second-order valence-electron chi connectivity index (χ2n) is 5.83. The fourth-order valence-corrected chi connectivity index (χ4v) is 2.74. The Labute approximate surface area is 140 Å². The average Bonchev–Trinajstić information content (AvgIpc) is 3.09. The molecule has 1 aromatic carbocycles. The third-order valence-corrected chi connectivity index (χ3v) is 3.94. The topological polar surface area (TPSA) is 85.2 Å². The number of carbonyl (C=O) groups is 1. The van der Waals surface area contributed by atoms with Crippen molar-refractivity contribution in [2.24, 2.45) is 0 Å². The van der Waals surface area contributed by atoms with Gasteiger partial charge in [-0.2, -0.15) is 0 Å². The average molecular weight is 330 g/mol. The lowest BCUT2D eigenvalue weighted by Gasteiger charge is -2.26. The second-order valence-corrected chi connectivity index (χ2v) is 5.83. The maximum Gasteiger partial charge on any atom is 0.246 e. The maximum absolute atomic E-state index is 11.9. The standard InChI is InChI=1S/C16H22N6O2/c23-16(12-22-13-17-19-20-22)18-14-5-4-6-15(11-14)24-10-9-21-7-2-1-3-8-21/h4-6,11,13H,1-3,7-10,12H2,(H,18,23). The van der Waals surface area contributed by atoms with Gasteiger partial charge in [0.1, 0.15) is 25.2 Å². The zero-order valence-corrected chi connectivity index (χ0v) is 13.6. The van der Waals surface area contributed by atoms with Gasteiger partial charge in [0.2, 0.25) is 5.91 Å². The van der Waals surface area contributed by atoms with Crippen LogP contribution in [0.15, 0.2) is 30.6 Å². The normalized spacial score (nSPS) is 15.2. The molecular weight excluding hydrogens is 308 g/mol. The van der Waals surface area contributed by atoms with Crippen molar-refractivity contribution in [3.05, 3.63) is 30.6 Å². The fourth-order valence-electron chi connectivity index (χ4n) is 2.74. The Morgan fingerprint density at radius 2 is 2.12 bits per heavy atom. The number of rotatable bonds is 7. The number of likely N-dealkylation sites (tertiary alicyclic amines) is 1. The summed E-state index contributed by atoms with van der Waals surface area (Å²) in [5.41, 5.74) is 0.698. The molecule has 3 rings (SSSR count). The smallest absolute Gasteiger partial charge is 0.246 e. The van der Waals surface area contributed by atoms with Gasteiger partial charge in [-0.15, -0.1) is 5.10 Å². The third-order valence-electron chi connectivity index (χ3n) is 3.94. The Morgan fingerprint density at radius 3 is 2.92 bits per heavy atom. The molecular formula is C16H22N6O2. The van der Waals surface area contributed by atoms with Crippen LogP contribution in [0.2, 0.25) is 0 Å². The molecule has 1 saturated heterocycles. The minimum Gasteiger partial charge on any atom is -0.492 e. The number of tetrazole rings is 1. The molecule has 24 heavy (non-hydrogen) atoms. The van der Waals surface area contributed by atoms with Crippen molar-refractivity contribution in [3.8, 4) is 5.75 Å². The van der Waals surface area contributed by atoms with Crippen LogP contribution >= 0.6 is 0 Å². The number of anilines is 1. The quantitative estimate of drug-likeness (QED) is 0.820. The fraction of sp³-hybridized carbons (Fsp3) is 0.500. The van der Waals surface area contributed by atoms with E-state index in [1.165, 1.54) is 30.3 Å². The lowest BCUT2D eigenvalue weighted by atomic mass is 10.1. The molecule has 0 spiro atoms. The second kappa shape index (κ2) is 8.39. The number of nitrogens with one attached hydrogen (secondary N) is 1. The van der Waals surface area contributed by atoms with Gasteiger partial charge in [-0.3, -0.25) is 9.69 Å². The van der Waals surface area contributed by atoms with Crippen LogP contribution in [-0.2, 0) is 11.3 Å². The SMILES string of the molecule is O=C(Cn1cnnn1)Nc1cccc(OCCN2CCCCC2)c1. The minimum absolute atomic E-state index is 0.0764. The first-order valence-corrected chi connectivity index (χ1v) is 8.25. The van der Waals surface area contributed by atoms with E-state index in [0.29, 0.717) is 12.3 Å². The number of nitrogens with zero attached hydrogens (tertiary/aromatic N) is 5. The monoisotopic (exact) mass is 330 g/mol. The van der Waals surface area contributed by atoms with E-state index in [2.05, 4.69) is 25.7 Å². The van der Waals surface area contributed by atoms with Crippen molar-refractivity contribution in [1.29, 1.82) is 0 Å². The first kappa shape index (κ1) is 16.4. The number of hydrogen-bond acceptors (Lipinski definition) is 6. The van der Waals surface area contributed by atoms with E-state index in [1.54, 1.807) is 0 Å². The number of ether oxygens (including phenoxy) is 1. The van der Waals surface area contributed by atoms with Gasteiger partial charge >= 0.3 is 0 Å². The van der Waals surface area contributed by atoms with Crippen LogP contribution in [0.25, 0.3) is 0 Å². The number of aromatic nitrogens is 4. The molecule has 0 radical (unpaired) electrons. The highest BCUT2D eigenvalue weighted by Gasteiger charge is 2.10. The van der Waals surface area contributed by atoms with E-state index in [9.17, 15) is 4.79 Å². The van der Waals surface area contributed by atoms with Crippen LogP contribution in [0.1, 0.15) is 19.3 Å². The molecule has 0 aliphatic carbocycles. The van der Waals surface area contributed by atoms with Crippen molar-refractivity contribution in [1.82, 2.24) is 25.1 Å². The number of hydrogen-bond donors (Lipinski definition) is 1. The Kier molecular flexibility index (Phi) is 5.73. The summed E-state index contributed by atoms with van der Waals surface area (Å²) in [6.07, 6.45) is 5.30. The van der Waals surface area contributed by atoms with Gasteiger partial charge in [0, 0.05) is 18.3 Å². The third kappa shape index (κ3) is 5.02. The summed E-state index contributed by atoms with van der Waals surface area (Å²) in [6.45, 7) is 4.00. The predicted molar refractivity (Wildman–Crippen MR) is 88.7 cm³/mol. The Bertz CT molecular complexity index is 640. The predicted octanol–water partition coefficient (Wildman–Crippen LogP) is 1.18. The highest BCUT2D eigenvalue weighted by Crippen LogP contribution is 2.17. The van der Waals surface area contributed by atoms with Crippen LogP contribution in [0, 0.1) is 0 Å². The van der Waals surface area contributed by atoms with Crippen molar-refractivity contribution in [2.45, 2.75) is 25.8 Å². The van der Waals surface area contributed by atoms with E-state index in [4.69, 9.17) is 4.74 Å². The molecule has 1 aliphatic heterocycles. The first-order valence-electron chi connectivity index (χ1n) is 8.25. The number of piperidine rings is 1. The minimum atomic E-state index is -0.187. The largest absolute Gasteiger partial charge is 0.492 e. The molecule has 1 N–H and O–H groups in total. The number of carbonyl (C=O) groups excluding carboxylic acids is 1. The molecule has 0 atom stereocenters. The van der Waals surface area contributed by atoms with Crippen LogP contribution in [-0.4, -0.2) is 57.3 Å². The van der Waals surface area contributed by atoms with Crippen molar-refractivity contribution < 1.29 is 9.53 Å². The van der Waals surface area contributed by atoms with Crippen LogP contribution in [0.3, 0.4) is 0 Å². The molecule has 2 aromatic rings. The molecule has 128 valence electrons. The Balaban J connectivity index is 1.45. The molecule has 1 aromatic heterocycles. The van der Waals surface area contributed by atoms with Crippen molar-refractivity contribution in [2.75, 3.05) is 31.6 Å². The zero-order chi connectivity index (χ0) is 16.6. The molecule has 1 aliphatic rings. The zero-order valence-electron chi connectivity index (χ0n) is 13.6. The van der Waals surface area contributed by atoms with Crippen molar-refractivity contribution in [3.63, 3.8) is 0 Å². The van der Waals surface area contributed by atoms with Gasteiger partial charge in [-0.25, -0.2) is 4.68 Å². The van der Waals surface area contributed by atoms with Gasteiger partial charge in [-0.1, -0.05) is 12.5 Å². The lowest BCUT2D eigenvalue weighted by molar-refractivity contribution is -0.116. The first-order chi connectivity index (χ1) is 11.8. The highest BCUT2D eigenvalue weighted by atomic mass is 16.5. The van der Waals surface area contributed by atoms with Gasteiger partial charge in [0.25, 0.3) is 0 Å².